The van der Waals surface area contributed by atoms with E-state index in [1.165, 1.54) is 28.8 Å². The molecule has 0 aliphatic carbocycles. The van der Waals surface area contributed by atoms with Crippen molar-refractivity contribution < 1.29 is 4.74 Å². The average Bonchev–Trinajstić information content (AvgIpc) is 3.21. The van der Waals surface area contributed by atoms with Gasteiger partial charge in [-0.1, -0.05) is 61.9 Å². The summed E-state index contributed by atoms with van der Waals surface area (Å²) in [5, 5.41) is 5.63. The average molecular weight is 366 g/mol. The molecule has 2 nitrogen and oxygen atoms in total. The Labute approximate surface area is 160 Å². The van der Waals surface area contributed by atoms with Crippen molar-refractivity contribution in [1.82, 2.24) is 5.32 Å². The van der Waals surface area contributed by atoms with Crippen molar-refractivity contribution in [2.75, 3.05) is 0 Å². The van der Waals surface area contributed by atoms with Gasteiger partial charge in [0.15, 0.2) is 0 Å². The lowest BCUT2D eigenvalue weighted by atomic mass is 10.1. The van der Waals surface area contributed by atoms with Gasteiger partial charge in [0, 0.05) is 18.0 Å². The van der Waals surface area contributed by atoms with Crippen molar-refractivity contribution in [3.05, 3.63) is 88.1 Å². The molecule has 0 aliphatic heterocycles. The highest BCUT2D eigenvalue weighted by Crippen LogP contribution is 2.30. The molecule has 26 heavy (non-hydrogen) atoms. The summed E-state index contributed by atoms with van der Waals surface area (Å²) in [6, 6.07) is 23.2. The number of benzene rings is 2. The normalized spacial score (nSPS) is 12.0. The predicted octanol–water partition coefficient (Wildman–Crippen LogP) is 6.35. The quantitative estimate of drug-likeness (QED) is 0.452. The van der Waals surface area contributed by atoms with Crippen LogP contribution in [-0.2, 0) is 13.1 Å². The van der Waals surface area contributed by atoms with Gasteiger partial charge in [-0.25, -0.2) is 0 Å². The van der Waals surface area contributed by atoms with E-state index >= 15 is 0 Å². The maximum atomic E-state index is 6.35. The van der Waals surface area contributed by atoms with Crippen LogP contribution in [-0.4, -0.2) is 0 Å². The molecule has 2 aromatic carbocycles. The number of ether oxygens (including phenoxy) is 1. The maximum absolute atomic E-state index is 6.35. The summed E-state index contributed by atoms with van der Waals surface area (Å²) in [4.78, 5) is 1.31. The molecule has 0 bridgehead atoms. The van der Waals surface area contributed by atoms with E-state index in [0.717, 1.165) is 25.3 Å². The predicted molar refractivity (Wildman–Crippen MR) is 111 cm³/mol. The van der Waals surface area contributed by atoms with E-state index in [1.807, 2.05) is 6.07 Å². The highest BCUT2D eigenvalue weighted by atomic mass is 32.1. The molecule has 1 N–H and O–H groups in total. The molecule has 1 atom stereocenters. The summed E-state index contributed by atoms with van der Waals surface area (Å²) >= 11 is 1.78. The molecule has 3 aromatic rings. The minimum Gasteiger partial charge on any atom is -0.485 e. The third-order valence-electron chi connectivity index (χ3n) is 4.36. The number of unbranched alkanes of at least 4 members (excludes halogenated alkanes) is 1. The van der Waals surface area contributed by atoms with Crippen LogP contribution in [0.2, 0.25) is 0 Å². The number of hydrogen-bond donors (Lipinski definition) is 1. The van der Waals surface area contributed by atoms with Crippen LogP contribution in [0.4, 0.5) is 0 Å². The Hall–Kier alpha value is -2.10. The molecule has 0 spiro atoms. The van der Waals surface area contributed by atoms with Crippen LogP contribution < -0.4 is 10.1 Å². The molecule has 0 radical (unpaired) electrons. The highest BCUT2D eigenvalue weighted by molar-refractivity contribution is 7.10. The molecule has 1 unspecified atom stereocenters. The molecule has 0 aliphatic rings. The largest absolute Gasteiger partial charge is 0.485 e. The lowest BCUT2D eigenvalue weighted by Gasteiger charge is -2.18. The third kappa shape index (κ3) is 5.72. The number of hydrogen-bond acceptors (Lipinski definition) is 3. The first kappa shape index (κ1) is 18.7. The molecule has 0 amide bonds. The van der Waals surface area contributed by atoms with Crippen LogP contribution in [0.5, 0.6) is 5.75 Å². The van der Waals surface area contributed by atoms with Crippen molar-refractivity contribution in [3.8, 4) is 5.75 Å². The van der Waals surface area contributed by atoms with Gasteiger partial charge < -0.3 is 10.1 Å². The summed E-state index contributed by atoms with van der Waals surface area (Å²) in [5.41, 5.74) is 2.55. The Morgan fingerprint density at radius 2 is 1.73 bits per heavy atom. The molecule has 1 aromatic heterocycles. The van der Waals surface area contributed by atoms with E-state index < -0.39 is 0 Å². The molecule has 0 saturated heterocycles. The molecule has 1 heterocycles. The first-order chi connectivity index (χ1) is 12.8. The van der Waals surface area contributed by atoms with E-state index in [1.54, 1.807) is 11.3 Å². The minimum absolute atomic E-state index is 0.155. The Morgan fingerprint density at radius 3 is 2.50 bits per heavy atom. The number of nitrogens with one attached hydrogen (secondary N) is 1. The van der Waals surface area contributed by atoms with Gasteiger partial charge in [-0.3, -0.25) is 0 Å². The van der Waals surface area contributed by atoms with Crippen LogP contribution in [0.3, 0.4) is 0 Å². The second-order valence-electron chi connectivity index (χ2n) is 6.50. The van der Waals surface area contributed by atoms with E-state index in [0.29, 0.717) is 0 Å². The zero-order chi connectivity index (χ0) is 18.0. The zero-order valence-electron chi connectivity index (χ0n) is 15.4. The molecular weight excluding hydrogens is 338 g/mol. The fourth-order valence-corrected chi connectivity index (χ4v) is 3.75. The van der Waals surface area contributed by atoms with Gasteiger partial charge in [0.25, 0.3) is 0 Å². The van der Waals surface area contributed by atoms with Crippen LogP contribution in [0.25, 0.3) is 0 Å². The maximum Gasteiger partial charge on any atom is 0.133 e. The molecule has 3 rings (SSSR count). The number of thiophene rings is 1. The van der Waals surface area contributed by atoms with Gasteiger partial charge >= 0.3 is 0 Å². The van der Waals surface area contributed by atoms with Gasteiger partial charge in [0.05, 0.1) is 0 Å². The molecule has 0 saturated carbocycles. The highest BCUT2D eigenvalue weighted by Gasteiger charge is 2.14. The smallest absolute Gasteiger partial charge is 0.133 e. The summed E-state index contributed by atoms with van der Waals surface area (Å²) in [7, 11) is 0. The molecular formula is C23H27NOS. The SMILES string of the molecule is CCCCC(Oc1cccc(CNCc2ccccc2)c1)c1cccs1. The van der Waals surface area contributed by atoms with E-state index in [9.17, 15) is 0 Å². The van der Waals surface area contributed by atoms with Crippen LogP contribution in [0.15, 0.2) is 72.1 Å². The van der Waals surface area contributed by atoms with Gasteiger partial charge in [-0.15, -0.1) is 11.3 Å². The van der Waals surface area contributed by atoms with Crippen LogP contribution in [0, 0.1) is 0 Å². The first-order valence-electron chi connectivity index (χ1n) is 9.39. The molecule has 0 fully saturated rings. The Balaban J connectivity index is 1.58. The van der Waals surface area contributed by atoms with Gasteiger partial charge in [0.2, 0.25) is 0 Å². The summed E-state index contributed by atoms with van der Waals surface area (Å²) < 4.78 is 6.35. The fourth-order valence-electron chi connectivity index (χ4n) is 2.96. The Bertz CT molecular complexity index is 755. The first-order valence-corrected chi connectivity index (χ1v) is 10.3. The van der Waals surface area contributed by atoms with Gasteiger partial charge in [-0.2, -0.15) is 0 Å². The lowest BCUT2D eigenvalue weighted by Crippen LogP contribution is -2.13. The van der Waals surface area contributed by atoms with Crippen molar-refractivity contribution in [2.24, 2.45) is 0 Å². The number of rotatable bonds is 10. The summed E-state index contributed by atoms with van der Waals surface area (Å²) in [5.74, 6) is 0.957. The molecule has 3 heteroatoms. The van der Waals surface area contributed by atoms with Crippen molar-refractivity contribution >= 4 is 11.3 Å². The van der Waals surface area contributed by atoms with E-state index in [4.69, 9.17) is 4.74 Å². The Morgan fingerprint density at radius 1 is 0.923 bits per heavy atom. The fraction of sp³-hybridized carbons (Fsp3) is 0.304. The molecule has 136 valence electrons. The van der Waals surface area contributed by atoms with Gasteiger partial charge in [0.1, 0.15) is 11.9 Å². The van der Waals surface area contributed by atoms with E-state index in [2.05, 4.69) is 78.3 Å². The van der Waals surface area contributed by atoms with Crippen molar-refractivity contribution in [3.63, 3.8) is 0 Å². The second kappa shape index (κ2) is 10.1. The lowest BCUT2D eigenvalue weighted by molar-refractivity contribution is 0.195. The van der Waals surface area contributed by atoms with Gasteiger partial charge in [-0.05, 0) is 47.5 Å². The summed E-state index contributed by atoms with van der Waals surface area (Å²) in [6.07, 6.45) is 3.59. The van der Waals surface area contributed by atoms with E-state index in [-0.39, 0.29) is 6.10 Å². The third-order valence-corrected chi connectivity index (χ3v) is 5.32. The minimum atomic E-state index is 0.155. The second-order valence-corrected chi connectivity index (χ2v) is 7.48. The Kier molecular flexibility index (Phi) is 7.29. The van der Waals surface area contributed by atoms with Crippen molar-refractivity contribution in [1.29, 1.82) is 0 Å². The standard InChI is InChI=1S/C23H27NOS/c1-2-3-13-22(23-14-8-15-26-23)25-21-12-7-11-20(16-21)18-24-17-19-9-5-4-6-10-19/h4-12,14-16,22,24H,2-3,13,17-18H2,1H3. The van der Waals surface area contributed by atoms with Crippen molar-refractivity contribution in [2.45, 2.75) is 45.4 Å². The monoisotopic (exact) mass is 365 g/mol. The summed E-state index contributed by atoms with van der Waals surface area (Å²) in [6.45, 7) is 3.94. The zero-order valence-corrected chi connectivity index (χ0v) is 16.2. The topological polar surface area (TPSA) is 21.3 Å². The van der Waals surface area contributed by atoms with Crippen LogP contribution in [0.1, 0.15) is 48.3 Å². The van der Waals surface area contributed by atoms with Crippen LogP contribution >= 0.6 is 11.3 Å².